The van der Waals surface area contributed by atoms with Crippen LogP contribution < -0.4 is 14.8 Å². The summed E-state index contributed by atoms with van der Waals surface area (Å²) in [5.41, 5.74) is 0. The molecule has 0 saturated carbocycles. The molecular formula is C13H18FNO2. The number of benzene rings is 1. The molecule has 4 heteroatoms. The first-order valence-electron chi connectivity index (χ1n) is 6.00. The van der Waals surface area contributed by atoms with E-state index in [9.17, 15) is 4.39 Å². The van der Waals surface area contributed by atoms with Gasteiger partial charge in [0.2, 0.25) is 0 Å². The van der Waals surface area contributed by atoms with Crippen molar-refractivity contribution in [1.82, 2.24) is 5.32 Å². The van der Waals surface area contributed by atoms with Crippen LogP contribution in [0.4, 0.5) is 4.39 Å². The zero-order chi connectivity index (χ0) is 12.1. The van der Waals surface area contributed by atoms with Gasteiger partial charge < -0.3 is 14.8 Å². The van der Waals surface area contributed by atoms with Crippen molar-refractivity contribution in [3.05, 3.63) is 24.0 Å². The number of halogens is 1. The van der Waals surface area contributed by atoms with Gasteiger partial charge in [-0.1, -0.05) is 0 Å². The van der Waals surface area contributed by atoms with E-state index in [2.05, 4.69) is 5.32 Å². The predicted octanol–water partition coefficient (Wildman–Crippen LogP) is 2.36. The number of nitrogens with one attached hydrogen (secondary N) is 1. The highest BCUT2D eigenvalue weighted by atomic mass is 19.1. The molecule has 0 radical (unpaired) electrons. The SMILES string of the molecule is COc1ccc(F)c(OC2CCCNCC2)c1. The summed E-state index contributed by atoms with van der Waals surface area (Å²) in [7, 11) is 1.56. The number of ether oxygens (including phenoxy) is 2. The second-order valence-corrected chi connectivity index (χ2v) is 4.22. The minimum absolute atomic E-state index is 0.0895. The van der Waals surface area contributed by atoms with Crippen molar-refractivity contribution in [1.29, 1.82) is 0 Å². The van der Waals surface area contributed by atoms with Gasteiger partial charge >= 0.3 is 0 Å². The number of hydrogen-bond donors (Lipinski definition) is 1. The second-order valence-electron chi connectivity index (χ2n) is 4.22. The topological polar surface area (TPSA) is 30.5 Å². The maximum atomic E-state index is 13.6. The molecule has 0 spiro atoms. The van der Waals surface area contributed by atoms with Gasteiger partial charge in [-0.05, 0) is 44.5 Å². The van der Waals surface area contributed by atoms with E-state index in [1.807, 2.05) is 0 Å². The van der Waals surface area contributed by atoms with E-state index in [1.54, 1.807) is 19.2 Å². The average Bonchev–Trinajstić information content (AvgIpc) is 2.60. The third kappa shape index (κ3) is 3.33. The van der Waals surface area contributed by atoms with Crippen LogP contribution in [0.5, 0.6) is 11.5 Å². The van der Waals surface area contributed by atoms with Gasteiger partial charge in [-0.2, -0.15) is 0 Å². The van der Waals surface area contributed by atoms with Crippen molar-refractivity contribution in [3.8, 4) is 11.5 Å². The number of hydrogen-bond acceptors (Lipinski definition) is 3. The van der Waals surface area contributed by atoms with E-state index in [4.69, 9.17) is 9.47 Å². The Labute approximate surface area is 101 Å². The molecule has 1 aromatic carbocycles. The van der Waals surface area contributed by atoms with Crippen molar-refractivity contribution < 1.29 is 13.9 Å². The number of methoxy groups -OCH3 is 1. The summed E-state index contributed by atoms with van der Waals surface area (Å²) in [6.45, 7) is 1.94. The van der Waals surface area contributed by atoms with Crippen LogP contribution in [0.1, 0.15) is 19.3 Å². The lowest BCUT2D eigenvalue weighted by molar-refractivity contribution is 0.179. The smallest absolute Gasteiger partial charge is 0.165 e. The minimum Gasteiger partial charge on any atom is -0.497 e. The zero-order valence-corrected chi connectivity index (χ0v) is 10.0. The Morgan fingerprint density at radius 2 is 2.18 bits per heavy atom. The molecule has 0 bridgehead atoms. The second kappa shape index (κ2) is 5.87. The summed E-state index contributed by atoms with van der Waals surface area (Å²) in [5.74, 6) is 0.576. The molecule has 1 fully saturated rings. The molecule has 1 N–H and O–H groups in total. The van der Waals surface area contributed by atoms with Crippen molar-refractivity contribution in [2.75, 3.05) is 20.2 Å². The summed E-state index contributed by atoms with van der Waals surface area (Å²) in [6, 6.07) is 4.58. The summed E-state index contributed by atoms with van der Waals surface area (Å²) < 4.78 is 24.3. The van der Waals surface area contributed by atoms with Gasteiger partial charge in [-0.15, -0.1) is 0 Å². The van der Waals surface area contributed by atoms with E-state index in [0.717, 1.165) is 32.4 Å². The van der Waals surface area contributed by atoms with Gasteiger partial charge in [0.25, 0.3) is 0 Å². The molecule has 0 aliphatic carbocycles. The van der Waals surface area contributed by atoms with Gasteiger partial charge in [0, 0.05) is 6.07 Å². The molecule has 1 saturated heterocycles. The lowest BCUT2D eigenvalue weighted by atomic mass is 10.1. The van der Waals surface area contributed by atoms with Crippen LogP contribution in [0.15, 0.2) is 18.2 Å². The Hall–Kier alpha value is -1.29. The molecule has 1 unspecified atom stereocenters. The fourth-order valence-electron chi connectivity index (χ4n) is 1.99. The van der Waals surface area contributed by atoms with Crippen molar-refractivity contribution in [3.63, 3.8) is 0 Å². The Morgan fingerprint density at radius 3 is 3.00 bits per heavy atom. The summed E-state index contributed by atoms with van der Waals surface area (Å²) in [4.78, 5) is 0. The Bertz CT molecular complexity index is 362. The van der Waals surface area contributed by atoms with E-state index < -0.39 is 0 Å². The number of rotatable bonds is 3. The van der Waals surface area contributed by atoms with Crippen LogP contribution in [0.3, 0.4) is 0 Å². The summed E-state index contributed by atoms with van der Waals surface area (Å²) in [5, 5.41) is 3.30. The van der Waals surface area contributed by atoms with E-state index in [1.165, 1.54) is 6.07 Å². The normalized spacial score (nSPS) is 20.7. The van der Waals surface area contributed by atoms with Crippen molar-refractivity contribution in [2.45, 2.75) is 25.4 Å². The van der Waals surface area contributed by atoms with Gasteiger partial charge in [0.1, 0.15) is 11.9 Å². The summed E-state index contributed by atoms with van der Waals surface area (Å²) >= 11 is 0. The summed E-state index contributed by atoms with van der Waals surface area (Å²) in [6.07, 6.45) is 3.03. The molecule has 1 aliphatic heterocycles. The molecule has 1 aromatic rings. The Kier molecular flexibility index (Phi) is 4.20. The van der Waals surface area contributed by atoms with Gasteiger partial charge in [0.15, 0.2) is 11.6 Å². The maximum Gasteiger partial charge on any atom is 0.165 e. The van der Waals surface area contributed by atoms with E-state index >= 15 is 0 Å². The lowest BCUT2D eigenvalue weighted by Gasteiger charge is -2.17. The monoisotopic (exact) mass is 239 g/mol. The first kappa shape index (κ1) is 12.2. The largest absolute Gasteiger partial charge is 0.497 e. The molecule has 3 nitrogen and oxygen atoms in total. The van der Waals surface area contributed by atoms with Gasteiger partial charge in [0.05, 0.1) is 7.11 Å². The van der Waals surface area contributed by atoms with Crippen LogP contribution in [-0.2, 0) is 0 Å². The fraction of sp³-hybridized carbons (Fsp3) is 0.538. The molecule has 0 amide bonds. The third-order valence-electron chi connectivity index (χ3n) is 2.95. The van der Waals surface area contributed by atoms with E-state index in [-0.39, 0.29) is 17.7 Å². The quantitative estimate of drug-likeness (QED) is 0.878. The van der Waals surface area contributed by atoms with Crippen LogP contribution >= 0.6 is 0 Å². The molecule has 1 heterocycles. The molecule has 94 valence electrons. The molecule has 17 heavy (non-hydrogen) atoms. The third-order valence-corrected chi connectivity index (χ3v) is 2.95. The highest BCUT2D eigenvalue weighted by molar-refractivity contribution is 5.34. The fourth-order valence-corrected chi connectivity index (χ4v) is 1.99. The van der Waals surface area contributed by atoms with Crippen molar-refractivity contribution in [2.24, 2.45) is 0 Å². The van der Waals surface area contributed by atoms with Gasteiger partial charge in [-0.3, -0.25) is 0 Å². The van der Waals surface area contributed by atoms with Crippen LogP contribution in [-0.4, -0.2) is 26.3 Å². The maximum absolute atomic E-state index is 13.6. The standard InChI is InChI=1S/C13H18FNO2/c1-16-11-4-5-12(14)13(9-11)17-10-3-2-7-15-8-6-10/h4-5,9-10,15H,2-3,6-8H2,1H3. The molecule has 1 atom stereocenters. The highest BCUT2D eigenvalue weighted by Gasteiger charge is 2.15. The zero-order valence-electron chi connectivity index (χ0n) is 10.0. The highest BCUT2D eigenvalue weighted by Crippen LogP contribution is 2.25. The first-order valence-corrected chi connectivity index (χ1v) is 6.00. The lowest BCUT2D eigenvalue weighted by Crippen LogP contribution is -2.19. The Morgan fingerprint density at radius 1 is 1.29 bits per heavy atom. The molecule has 1 aliphatic rings. The Balaban J connectivity index is 2.05. The van der Waals surface area contributed by atoms with Crippen molar-refractivity contribution >= 4 is 0 Å². The molecular weight excluding hydrogens is 221 g/mol. The van der Waals surface area contributed by atoms with Crippen LogP contribution in [0, 0.1) is 5.82 Å². The first-order chi connectivity index (χ1) is 8.29. The molecule has 0 aromatic heterocycles. The van der Waals surface area contributed by atoms with E-state index in [0.29, 0.717) is 5.75 Å². The predicted molar refractivity (Wildman–Crippen MR) is 64.1 cm³/mol. The minimum atomic E-state index is -0.331. The average molecular weight is 239 g/mol. The van der Waals surface area contributed by atoms with Crippen LogP contribution in [0.2, 0.25) is 0 Å². The van der Waals surface area contributed by atoms with Crippen LogP contribution in [0.25, 0.3) is 0 Å². The molecule has 2 rings (SSSR count). The van der Waals surface area contributed by atoms with Gasteiger partial charge in [-0.25, -0.2) is 4.39 Å².